The number of nitrogens with two attached hydrogens (primary N) is 1. The molecule has 2 heterocycles. The van der Waals surface area contributed by atoms with Gasteiger partial charge in [-0.15, -0.1) is 0 Å². The van der Waals surface area contributed by atoms with Crippen molar-refractivity contribution in [1.82, 2.24) is 14.3 Å². The van der Waals surface area contributed by atoms with Crippen LogP contribution >= 0.6 is 0 Å². The minimum Gasteiger partial charge on any atom is -0.497 e. The van der Waals surface area contributed by atoms with Crippen molar-refractivity contribution in [2.45, 2.75) is 6.54 Å². The molecule has 0 amide bonds. The van der Waals surface area contributed by atoms with E-state index in [-0.39, 0.29) is 11.4 Å². The van der Waals surface area contributed by atoms with Crippen molar-refractivity contribution in [2.24, 2.45) is 0 Å². The van der Waals surface area contributed by atoms with Gasteiger partial charge in [-0.1, -0.05) is 30.3 Å². The van der Waals surface area contributed by atoms with E-state index in [1.165, 1.54) is 0 Å². The number of benzene rings is 4. The fourth-order valence-corrected chi connectivity index (χ4v) is 4.90. The van der Waals surface area contributed by atoms with Crippen LogP contribution in [0.1, 0.15) is 5.56 Å². The maximum Gasteiger partial charge on any atom is 0.264 e. The summed E-state index contributed by atoms with van der Waals surface area (Å²) in [7, 11) is 4.75. The highest BCUT2D eigenvalue weighted by molar-refractivity contribution is 6.08. The lowest BCUT2D eigenvalue weighted by molar-refractivity contribution is 0.355. The van der Waals surface area contributed by atoms with E-state index in [4.69, 9.17) is 29.8 Å². The predicted molar refractivity (Wildman–Crippen MR) is 159 cm³/mol. The predicted octanol–water partition coefficient (Wildman–Crippen LogP) is 5.79. The Hall–Kier alpha value is -5.44. The molecule has 6 aromatic rings. The number of fused-ring (bicyclic) bond motifs is 3. The van der Waals surface area contributed by atoms with Crippen molar-refractivity contribution < 1.29 is 18.9 Å². The second-order valence-corrected chi connectivity index (χ2v) is 9.39. The van der Waals surface area contributed by atoms with Crippen LogP contribution in [0, 0.1) is 0 Å². The summed E-state index contributed by atoms with van der Waals surface area (Å²) in [4.78, 5) is 14.1. The van der Waals surface area contributed by atoms with Crippen LogP contribution in [0.25, 0.3) is 27.5 Å². The standard InChI is InChI=1S/C32H28N4O5/c1-38-22-13-9-20(10-14-22)19-35-26-18-28(40-3)27(39-2)17-25(26)30-29(32(35)37)31(33)36(34-30)21-11-15-24(16-12-21)41-23-7-5-4-6-8-23/h4-18H,19,33H2,1-3H3. The summed E-state index contributed by atoms with van der Waals surface area (Å²) < 4.78 is 25.6. The van der Waals surface area contributed by atoms with Crippen LogP contribution < -0.4 is 30.2 Å². The largest absolute Gasteiger partial charge is 0.497 e. The molecule has 2 N–H and O–H groups in total. The van der Waals surface area contributed by atoms with E-state index >= 15 is 0 Å². The fourth-order valence-electron chi connectivity index (χ4n) is 4.90. The van der Waals surface area contributed by atoms with Gasteiger partial charge < -0.3 is 29.2 Å². The number of pyridine rings is 1. The normalized spacial score (nSPS) is 11.1. The third-order valence-corrected chi connectivity index (χ3v) is 6.99. The molecule has 0 saturated carbocycles. The van der Waals surface area contributed by atoms with Crippen LogP contribution in [0.2, 0.25) is 0 Å². The zero-order valence-electron chi connectivity index (χ0n) is 22.8. The molecule has 0 spiro atoms. The van der Waals surface area contributed by atoms with Crippen LogP contribution in [0.3, 0.4) is 0 Å². The summed E-state index contributed by atoms with van der Waals surface area (Å²) in [5.41, 5.74) is 9.10. The van der Waals surface area contributed by atoms with Crippen LogP contribution in [0.15, 0.2) is 95.8 Å². The third-order valence-electron chi connectivity index (χ3n) is 6.99. The molecule has 0 bridgehead atoms. The van der Waals surface area contributed by atoms with Gasteiger partial charge in [0.15, 0.2) is 11.5 Å². The number of para-hydroxylation sites is 1. The molecule has 0 unspecified atom stereocenters. The third kappa shape index (κ3) is 4.67. The van der Waals surface area contributed by atoms with Gasteiger partial charge in [-0.25, -0.2) is 4.68 Å². The maximum atomic E-state index is 14.1. The van der Waals surface area contributed by atoms with E-state index in [0.29, 0.717) is 51.3 Å². The van der Waals surface area contributed by atoms with Gasteiger partial charge in [-0.05, 0) is 60.2 Å². The molecular formula is C32H28N4O5. The van der Waals surface area contributed by atoms with Gasteiger partial charge in [0.25, 0.3) is 5.56 Å². The molecule has 0 aliphatic heterocycles. The van der Waals surface area contributed by atoms with Gasteiger partial charge in [-0.2, -0.15) is 5.10 Å². The number of hydrogen-bond acceptors (Lipinski definition) is 7. The van der Waals surface area contributed by atoms with Gasteiger partial charge in [0.1, 0.15) is 34.0 Å². The minimum atomic E-state index is -0.261. The molecule has 0 aliphatic rings. The number of hydrogen-bond donors (Lipinski definition) is 1. The van der Waals surface area contributed by atoms with E-state index in [9.17, 15) is 4.79 Å². The number of nitrogen functional groups attached to an aromatic ring is 1. The van der Waals surface area contributed by atoms with E-state index in [1.54, 1.807) is 36.6 Å². The average Bonchev–Trinajstić information content (AvgIpc) is 3.37. The summed E-state index contributed by atoms with van der Waals surface area (Å²) >= 11 is 0. The molecule has 0 fully saturated rings. The summed E-state index contributed by atoms with van der Waals surface area (Å²) in [6, 6.07) is 28.1. The Balaban J connectivity index is 1.51. The summed E-state index contributed by atoms with van der Waals surface area (Å²) in [6.45, 7) is 0.306. The molecule has 41 heavy (non-hydrogen) atoms. The highest BCUT2D eigenvalue weighted by Crippen LogP contribution is 2.36. The molecule has 0 aliphatic carbocycles. The van der Waals surface area contributed by atoms with Crippen molar-refractivity contribution in [3.8, 4) is 34.4 Å². The summed E-state index contributed by atoms with van der Waals surface area (Å²) in [6.07, 6.45) is 0. The van der Waals surface area contributed by atoms with Crippen LogP contribution in [0.5, 0.6) is 28.7 Å². The fraction of sp³-hybridized carbons (Fsp3) is 0.125. The van der Waals surface area contributed by atoms with E-state index in [2.05, 4.69) is 0 Å². The number of nitrogens with zero attached hydrogens (tertiary/aromatic N) is 3. The van der Waals surface area contributed by atoms with Gasteiger partial charge in [0, 0.05) is 11.5 Å². The molecular weight excluding hydrogens is 520 g/mol. The topological polar surface area (TPSA) is 103 Å². The Bertz CT molecular complexity index is 1910. The molecule has 0 atom stereocenters. The number of rotatable bonds is 8. The quantitative estimate of drug-likeness (QED) is 0.257. The number of aromatic nitrogens is 3. The molecule has 9 nitrogen and oxygen atoms in total. The molecule has 6 rings (SSSR count). The van der Waals surface area contributed by atoms with Crippen molar-refractivity contribution in [3.63, 3.8) is 0 Å². The molecule has 0 saturated heterocycles. The average molecular weight is 549 g/mol. The second kappa shape index (κ2) is 10.6. The lowest BCUT2D eigenvalue weighted by Gasteiger charge is -2.15. The molecule has 2 aromatic heterocycles. The molecule has 0 radical (unpaired) electrons. The Morgan fingerprint density at radius 2 is 1.39 bits per heavy atom. The first-order valence-electron chi connectivity index (χ1n) is 12.9. The van der Waals surface area contributed by atoms with Gasteiger partial charge >= 0.3 is 0 Å². The van der Waals surface area contributed by atoms with Crippen molar-refractivity contribution in [2.75, 3.05) is 27.1 Å². The summed E-state index contributed by atoms with van der Waals surface area (Å²) in [5.74, 6) is 3.40. The minimum absolute atomic E-state index is 0.238. The van der Waals surface area contributed by atoms with Crippen LogP contribution in [-0.4, -0.2) is 35.7 Å². The van der Waals surface area contributed by atoms with Crippen molar-refractivity contribution in [1.29, 1.82) is 0 Å². The molecule has 4 aromatic carbocycles. The monoisotopic (exact) mass is 548 g/mol. The lowest BCUT2D eigenvalue weighted by Crippen LogP contribution is -2.22. The highest BCUT2D eigenvalue weighted by Gasteiger charge is 2.22. The Kier molecular flexibility index (Phi) is 6.68. The van der Waals surface area contributed by atoms with Crippen LogP contribution in [0.4, 0.5) is 5.82 Å². The second-order valence-electron chi connectivity index (χ2n) is 9.39. The first kappa shape index (κ1) is 25.8. The zero-order chi connectivity index (χ0) is 28.5. The van der Waals surface area contributed by atoms with Crippen molar-refractivity contribution >= 4 is 27.6 Å². The van der Waals surface area contributed by atoms with Crippen molar-refractivity contribution in [3.05, 3.63) is 107 Å². The summed E-state index contributed by atoms with van der Waals surface area (Å²) in [5, 5.41) is 5.84. The van der Waals surface area contributed by atoms with Gasteiger partial charge in [-0.3, -0.25) is 4.79 Å². The Morgan fingerprint density at radius 1 is 0.756 bits per heavy atom. The number of ether oxygens (including phenoxy) is 4. The SMILES string of the molecule is COc1ccc(Cn2c(=O)c3c(N)n(-c4ccc(Oc5ccccc5)cc4)nc3c3cc(OC)c(OC)cc32)cc1. The number of anilines is 1. The molecule has 9 heteroatoms. The van der Waals surface area contributed by atoms with Crippen LogP contribution in [-0.2, 0) is 6.54 Å². The van der Waals surface area contributed by atoms with Gasteiger partial charge in [0.05, 0.1) is 39.1 Å². The first-order chi connectivity index (χ1) is 20.0. The first-order valence-corrected chi connectivity index (χ1v) is 12.9. The molecule has 206 valence electrons. The van der Waals surface area contributed by atoms with E-state index < -0.39 is 0 Å². The highest BCUT2D eigenvalue weighted by atomic mass is 16.5. The zero-order valence-corrected chi connectivity index (χ0v) is 22.8. The van der Waals surface area contributed by atoms with Gasteiger partial charge in [0.2, 0.25) is 0 Å². The smallest absolute Gasteiger partial charge is 0.264 e. The van der Waals surface area contributed by atoms with E-state index in [0.717, 1.165) is 17.1 Å². The number of methoxy groups -OCH3 is 3. The lowest BCUT2D eigenvalue weighted by atomic mass is 10.1. The Labute approximate surface area is 235 Å². The maximum absolute atomic E-state index is 14.1. The van der Waals surface area contributed by atoms with E-state index in [1.807, 2.05) is 84.9 Å². The Morgan fingerprint density at radius 3 is 2.05 bits per heavy atom.